The van der Waals surface area contributed by atoms with E-state index in [4.69, 9.17) is 0 Å². The Morgan fingerprint density at radius 1 is 1.21 bits per heavy atom. The molecule has 0 spiro atoms. The monoisotopic (exact) mass is 257 g/mol. The highest BCUT2D eigenvalue weighted by atomic mass is 15.1. The smallest absolute Gasteiger partial charge is 0.0951 e. The summed E-state index contributed by atoms with van der Waals surface area (Å²) in [4.78, 5) is 4.22. The Morgan fingerprint density at radius 3 is 2.68 bits per heavy atom. The minimum absolute atomic E-state index is 0.446. The zero-order valence-electron chi connectivity index (χ0n) is 12.2. The van der Waals surface area contributed by atoms with Crippen LogP contribution in [-0.4, -0.2) is 9.55 Å². The minimum Gasteiger partial charge on any atom is -0.379 e. The molecule has 102 valence electrons. The van der Waals surface area contributed by atoms with E-state index in [2.05, 4.69) is 66.8 Å². The number of aromatic nitrogens is 2. The van der Waals surface area contributed by atoms with Gasteiger partial charge in [0.15, 0.2) is 0 Å². The fraction of sp³-hybridized carbons (Fsp3) is 0.438. The summed E-state index contributed by atoms with van der Waals surface area (Å²) in [7, 11) is 0. The van der Waals surface area contributed by atoms with Crippen molar-refractivity contribution in [3.63, 3.8) is 0 Å². The van der Waals surface area contributed by atoms with E-state index in [1.807, 2.05) is 12.5 Å². The van der Waals surface area contributed by atoms with E-state index in [1.165, 1.54) is 16.9 Å². The second-order valence-electron chi connectivity index (χ2n) is 5.52. The Morgan fingerprint density at radius 2 is 2.00 bits per heavy atom. The van der Waals surface area contributed by atoms with Crippen molar-refractivity contribution >= 4 is 5.69 Å². The van der Waals surface area contributed by atoms with E-state index in [-0.39, 0.29) is 0 Å². The topological polar surface area (TPSA) is 29.9 Å². The van der Waals surface area contributed by atoms with E-state index in [0.717, 1.165) is 6.54 Å². The van der Waals surface area contributed by atoms with E-state index < -0.39 is 0 Å². The molecule has 0 amide bonds. The standard InChI is InChI=1S/C16H23N3/c1-12(2)14-6-5-7-15(8-14)18-10-16-9-17-11-19(16)13(3)4/h5-9,11-13,18H,10H2,1-4H3. The summed E-state index contributed by atoms with van der Waals surface area (Å²) in [6, 6.07) is 9.07. The molecule has 0 atom stereocenters. The zero-order valence-corrected chi connectivity index (χ0v) is 12.2. The summed E-state index contributed by atoms with van der Waals surface area (Å²) in [6.45, 7) is 9.58. The van der Waals surface area contributed by atoms with E-state index >= 15 is 0 Å². The van der Waals surface area contributed by atoms with Gasteiger partial charge in [0.25, 0.3) is 0 Å². The predicted molar refractivity (Wildman–Crippen MR) is 80.5 cm³/mol. The lowest BCUT2D eigenvalue weighted by Gasteiger charge is -2.14. The van der Waals surface area contributed by atoms with Crippen LogP contribution in [0.25, 0.3) is 0 Å². The molecule has 2 aromatic rings. The molecule has 0 aliphatic carbocycles. The summed E-state index contributed by atoms with van der Waals surface area (Å²) in [6.07, 6.45) is 3.82. The van der Waals surface area contributed by atoms with Gasteiger partial charge in [-0.05, 0) is 37.5 Å². The van der Waals surface area contributed by atoms with Gasteiger partial charge in [0.2, 0.25) is 0 Å². The maximum atomic E-state index is 4.22. The molecule has 0 unspecified atom stereocenters. The molecule has 3 nitrogen and oxygen atoms in total. The average Bonchev–Trinajstić information content (AvgIpc) is 2.85. The van der Waals surface area contributed by atoms with Gasteiger partial charge in [-0.15, -0.1) is 0 Å². The molecule has 1 aromatic carbocycles. The number of anilines is 1. The molecule has 2 rings (SSSR count). The Kier molecular flexibility index (Phi) is 4.25. The van der Waals surface area contributed by atoms with Gasteiger partial charge >= 0.3 is 0 Å². The van der Waals surface area contributed by atoms with Gasteiger partial charge < -0.3 is 9.88 Å². The zero-order chi connectivity index (χ0) is 13.8. The lowest BCUT2D eigenvalue weighted by atomic mass is 10.0. The molecule has 0 saturated heterocycles. The summed E-state index contributed by atoms with van der Waals surface area (Å²) in [5, 5.41) is 3.48. The molecule has 0 aliphatic rings. The van der Waals surface area contributed by atoms with Crippen molar-refractivity contribution in [3.05, 3.63) is 48.0 Å². The van der Waals surface area contributed by atoms with Crippen LogP contribution in [0.5, 0.6) is 0 Å². The third kappa shape index (κ3) is 3.37. The Labute approximate surface area is 115 Å². The van der Waals surface area contributed by atoms with Crippen molar-refractivity contribution in [1.82, 2.24) is 9.55 Å². The van der Waals surface area contributed by atoms with Gasteiger partial charge in [-0.1, -0.05) is 26.0 Å². The van der Waals surface area contributed by atoms with Gasteiger partial charge in [0, 0.05) is 17.9 Å². The maximum absolute atomic E-state index is 4.22. The van der Waals surface area contributed by atoms with Crippen LogP contribution in [0, 0.1) is 0 Å². The molecule has 3 heteroatoms. The number of benzene rings is 1. The van der Waals surface area contributed by atoms with Crippen LogP contribution in [-0.2, 0) is 6.54 Å². The van der Waals surface area contributed by atoms with Crippen LogP contribution in [0.2, 0.25) is 0 Å². The van der Waals surface area contributed by atoms with Crippen LogP contribution in [0.1, 0.15) is 50.9 Å². The second-order valence-corrected chi connectivity index (χ2v) is 5.52. The van der Waals surface area contributed by atoms with Gasteiger partial charge in [-0.3, -0.25) is 0 Å². The third-order valence-corrected chi connectivity index (χ3v) is 3.33. The molecule has 1 heterocycles. The molecule has 0 saturated carbocycles. The Bertz CT molecular complexity index is 526. The first-order chi connectivity index (χ1) is 9.08. The second kappa shape index (κ2) is 5.91. The van der Waals surface area contributed by atoms with E-state index in [1.54, 1.807) is 0 Å². The molecule has 0 aliphatic heterocycles. The maximum Gasteiger partial charge on any atom is 0.0951 e. The number of hydrogen-bond donors (Lipinski definition) is 1. The Balaban J connectivity index is 2.06. The number of imidazole rings is 1. The number of hydrogen-bond acceptors (Lipinski definition) is 2. The fourth-order valence-corrected chi connectivity index (χ4v) is 2.13. The summed E-state index contributed by atoms with van der Waals surface area (Å²) < 4.78 is 2.19. The summed E-state index contributed by atoms with van der Waals surface area (Å²) >= 11 is 0. The first kappa shape index (κ1) is 13.7. The SMILES string of the molecule is CC(C)c1cccc(NCc2cncn2C(C)C)c1. The lowest BCUT2D eigenvalue weighted by molar-refractivity contribution is 0.577. The van der Waals surface area contributed by atoms with Crippen LogP contribution in [0.3, 0.4) is 0 Å². The molecular weight excluding hydrogens is 234 g/mol. The molecule has 1 aromatic heterocycles. The lowest BCUT2D eigenvalue weighted by Crippen LogP contribution is -2.08. The average molecular weight is 257 g/mol. The normalized spacial score (nSPS) is 11.3. The molecule has 19 heavy (non-hydrogen) atoms. The van der Waals surface area contributed by atoms with Gasteiger partial charge in [0.1, 0.15) is 0 Å². The quantitative estimate of drug-likeness (QED) is 0.870. The van der Waals surface area contributed by atoms with Crippen molar-refractivity contribution in [3.8, 4) is 0 Å². The molecule has 0 fully saturated rings. The Hall–Kier alpha value is -1.77. The van der Waals surface area contributed by atoms with Crippen molar-refractivity contribution in [1.29, 1.82) is 0 Å². The molecule has 0 radical (unpaired) electrons. The van der Waals surface area contributed by atoms with Gasteiger partial charge in [-0.2, -0.15) is 0 Å². The highest BCUT2D eigenvalue weighted by Gasteiger charge is 2.05. The van der Waals surface area contributed by atoms with Crippen molar-refractivity contribution in [2.75, 3.05) is 5.32 Å². The fourth-order valence-electron chi connectivity index (χ4n) is 2.13. The molecule has 1 N–H and O–H groups in total. The third-order valence-electron chi connectivity index (χ3n) is 3.33. The highest BCUT2D eigenvalue weighted by Crippen LogP contribution is 2.19. The predicted octanol–water partition coefficient (Wildman–Crippen LogP) is 4.20. The number of nitrogens with zero attached hydrogens (tertiary/aromatic N) is 2. The highest BCUT2D eigenvalue weighted by molar-refractivity contribution is 5.46. The van der Waals surface area contributed by atoms with Crippen molar-refractivity contribution in [2.24, 2.45) is 0 Å². The van der Waals surface area contributed by atoms with Crippen LogP contribution >= 0.6 is 0 Å². The van der Waals surface area contributed by atoms with Crippen molar-refractivity contribution in [2.45, 2.75) is 46.2 Å². The largest absolute Gasteiger partial charge is 0.379 e. The number of nitrogens with one attached hydrogen (secondary N) is 1. The van der Waals surface area contributed by atoms with Gasteiger partial charge in [-0.25, -0.2) is 4.98 Å². The minimum atomic E-state index is 0.446. The van der Waals surface area contributed by atoms with E-state index in [9.17, 15) is 0 Å². The van der Waals surface area contributed by atoms with Gasteiger partial charge in [0.05, 0.1) is 18.6 Å². The van der Waals surface area contributed by atoms with E-state index in [0.29, 0.717) is 12.0 Å². The molecular formula is C16H23N3. The van der Waals surface area contributed by atoms with Crippen LogP contribution < -0.4 is 5.32 Å². The summed E-state index contributed by atoms with van der Waals surface area (Å²) in [5.74, 6) is 0.558. The molecule has 0 bridgehead atoms. The number of rotatable bonds is 5. The summed E-state index contributed by atoms with van der Waals surface area (Å²) in [5.41, 5.74) is 3.75. The van der Waals surface area contributed by atoms with Crippen LogP contribution in [0.15, 0.2) is 36.8 Å². The first-order valence-corrected chi connectivity index (χ1v) is 6.92. The van der Waals surface area contributed by atoms with Crippen LogP contribution in [0.4, 0.5) is 5.69 Å². The van der Waals surface area contributed by atoms with Crippen molar-refractivity contribution < 1.29 is 0 Å². The first-order valence-electron chi connectivity index (χ1n) is 6.92.